The molecule has 8 nitrogen and oxygen atoms in total. The number of benzene rings is 2. The highest BCUT2D eigenvalue weighted by atomic mass is 35.5. The van der Waals surface area contributed by atoms with E-state index in [2.05, 4.69) is 15.6 Å². The lowest BCUT2D eigenvalue weighted by molar-refractivity contribution is -0.117. The molecule has 0 spiro atoms. The Morgan fingerprint density at radius 3 is 2.16 bits per heavy atom. The molecule has 0 unspecified atom stereocenters. The predicted molar refractivity (Wildman–Crippen MR) is 123 cm³/mol. The molecule has 0 radical (unpaired) electrons. The van der Waals surface area contributed by atoms with Crippen LogP contribution in [0, 0.1) is 6.92 Å². The zero-order chi connectivity index (χ0) is 23.3. The number of likely N-dealkylation sites (N-methyl/N-ethyl adjacent to an activating group) is 1. The molecule has 3 amide bonds. The van der Waals surface area contributed by atoms with Crippen LogP contribution in [0.25, 0.3) is 11.5 Å². The van der Waals surface area contributed by atoms with Gasteiger partial charge in [0.25, 0.3) is 5.91 Å². The summed E-state index contributed by atoms with van der Waals surface area (Å²) in [5.41, 5.74) is 2.03. The van der Waals surface area contributed by atoms with Crippen LogP contribution < -0.4 is 10.6 Å². The fourth-order valence-electron chi connectivity index (χ4n) is 3.00. The minimum atomic E-state index is -0.398. The number of aromatic nitrogens is 1. The molecule has 2 N–H and O–H groups in total. The van der Waals surface area contributed by atoms with Gasteiger partial charge in [0, 0.05) is 35.4 Å². The van der Waals surface area contributed by atoms with Gasteiger partial charge in [0.05, 0.1) is 0 Å². The van der Waals surface area contributed by atoms with Crippen molar-refractivity contribution in [1.82, 2.24) is 9.88 Å². The summed E-state index contributed by atoms with van der Waals surface area (Å²) in [6.45, 7) is 5.02. The lowest BCUT2D eigenvalue weighted by Gasteiger charge is -2.19. The van der Waals surface area contributed by atoms with Gasteiger partial charge >= 0.3 is 0 Å². The lowest BCUT2D eigenvalue weighted by Crippen LogP contribution is -2.38. The quantitative estimate of drug-likeness (QED) is 0.551. The topological polar surface area (TPSA) is 105 Å². The summed E-state index contributed by atoms with van der Waals surface area (Å²) in [5.74, 6) is -0.257. The zero-order valence-corrected chi connectivity index (χ0v) is 18.7. The van der Waals surface area contributed by atoms with Crippen molar-refractivity contribution < 1.29 is 18.8 Å². The number of amides is 3. The Hall–Kier alpha value is -3.65. The van der Waals surface area contributed by atoms with Gasteiger partial charge < -0.3 is 20.0 Å². The van der Waals surface area contributed by atoms with Gasteiger partial charge in [-0.05, 0) is 62.4 Å². The molecule has 0 aliphatic rings. The van der Waals surface area contributed by atoms with Crippen molar-refractivity contribution in [3.05, 3.63) is 65.0 Å². The number of halogens is 1. The highest BCUT2D eigenvalue weighted by molar-refractivity contribution is 6.30. The van der Waals surface area contributed by atoms with E-state index in [1.807, 2.05) is 0 Å². The fourth-order valence-corrected chi connectivity index (χ4v) is 3.13. The van der Waals surface area contributed by atoms with Crippen LogP contribution in [0.15, 0.2) is 52.9 Å². The Balaban J connectivity index is 1.67. The zero-order valence-electron chi connectivity index (χ0n) is 17.9. The van der Waals surface area contributed by atoms with Crippen LogP contribution in [0.3, 0.4) is 0 Å². The van der Waals surface area contributed by atoms with Gasteiger partial charge in [-0.15, -0.1) is 0 Å². The van der Waals surface area contributed by atoms with E-state index in [-0.39, 0.29) is 24.1 Å². The number of aryl methyl sites for hydroxylation is 1. The first-order chi connectivity index (χ1) is 15.3. The van der Waals surface area contributed by atoms with Crippen LogP contribution in [-0.2, 0) is 9.59 Å². The summed E-state index contributed by atoms with van der Waals surface area (Å²) < 4.78 is 5.66. The van der Waals surface area contributed by atoms with Gasteiger partial charge in [-0.1, -0.05) is 11.6 Å². The number of nitrogens with zero attached hydrogens (tertiary/aromatic N) is 2. The van der Waals surface area contributed by atoms with E-state index in [1.165, 1.54) is 11.8 Å². The van der Waals surface area contributed by atoms with Crippen LogP contribution in [0.1, 0.15) is 30.1 Å². The standard InChI is InChI=1S/C23H23ClN4O4/c1-4-28(13-20(30)26-19-11-9-18(10-12-19)25-15(3)29)23(31)21-14(2)32-22(27-21)16-5-7-17(24)8-6-16/h5-12H,4,13H2,1-3H3,(H,25,29)(H,26,30). The molecule has 0 saturated heterocycles. The molecule has 32 heavy (non-hydrogen) atoms. The SMILES string of the molecule is CCN(CC(=O)Nc1ccc(NC(C)=O)cc1)C(=O)c1nc(-c2ccc(Cl)cc2)oc1C. The van der Waals surface area contributed by atoms with Crippen molar-refractivity contribution in [1.29, 1.82) is 0 Å². The number of rotatable bonds is 7. The average molecular weight is 455 g/mol. The number of oxazole rings is 1. The number of carbonyl (C=O) groups is 3. The molecule has 0 bridgehead atoms. The molecule has 3 rings (SSSR count). The maximum Gasteiger partial charge on any atom is 0.276 e. The Morgan fingerprint density at radius 2 is 1.59 bits per heavy atom. The summed E-state index contributed by atoms with van der Waals surface area (Å²) in [4.78, 5) is 42.3. The molecule has 0 saturated carbocycles. The molecule has 0 atom stereocenters. The van der Waals surface area contributed by atoms with Crippen LogP contribution in [-0.4, -0.2) is 40.7 Å². The summed E-state index contributed by atoms with van der Waals surface area (Å²) >= 11 is 5.91. The van der Waals surface area contributed by atoms with Gasteiger partial charge in [0.15, 0.2) is 5.69 Å². The second-order valence-electron chi connectivity index (χ2n) is 7.06. The lowest BCUT2D eigenvalue weighted by atomic mass is 10.2. The van der Waals surface area contributed by atoms with Crippen molar-refractivity contribution in [3.8, 4) is 11.5 Å². The highest BCUT2D eigenvalue weighted by Gasteiger charge is 2.24. The minimum absolute atomic E-state index is 0.147. The second kappa shape index (κ2) is 10.1. The molecule has 0 fully saturated rings. The molecule has 166 valence electrons. The van der Waals surface area contributed by atoms with Crippen molar-refractivity contribution in [2.24, 2.45) is 0 Å². The Kier molecular flexibility index (Phi) is 7.27. The number of hydrogen-bond donors (Lipinski definition) is 2. The van der Waals surface area contributed by atoms with E-state index in [0.29, 0.717) is 40.2 Å². The van der Waals surface area contributed by atoms with E-state index in [0.717, 1.165) is 0 Å². The van der Waals surface area contributed by atoms with Crippen LogP contribution in [0.4, 0.5) is 11.4 Å². The first-order valence-electron chi connectivity index (χ1n) is 9.97. The smallest absolute Gasteiger partial charge is 0.276 e. The van der Waals surface area contributed by atoms with Gasteiger partial charge in [-0.25, -0.2) is 4.98 Å². The van der Waals surface area contributed by atoms with Crippen molar-refractivity contribution in [3.63, 3.8) is 0 Å². The molecule has 0 aliphatic heterocycles. The molecule has 9 heteroatoms. The number of anilines is 2. The normalized spacial score (nSPS) is 10.5. The Labute approximate surface area is 190 Å². The van der Waals surface area contributed by atoms with Crippen molar-refractivity contribution in [2.75, 3.05) is 23.7 Å². The van der Waals surface area contributed by atoms with Gasteiger partial charge in [-0.3, -0.25) is 14.4 Å². The minimum Gasteiger partial charge on any atom is -0.441 e. The highest BCUT2D eigenvalue weighted by Crippen LogP contribution is 2.24. The summed E-state index contributed by atoms with van der Waals surface area (Å²) in [6, 6.07) is 13.6. The molecule has 3 aromatic rings. The van der Waals surface area contributed by atoms with E-state index < -0.39 is 5.91 Å². The molecule has 1 aromatic heterocycles. The monoisotopic (exact) mass is 454 g/mol. The van der Waals surface area contributed by atoms with E-state index in [1.54, 1.807) is 62.4 Å². The van der Waals surface area contributed by atoms with Gasteiger partial charge in [0.2, 0.25) is 17.7 Å². The maximum absolute atomic E-state index is 13.0. The number of hydrogen-bond acceptors (Lipinski definition) is 5. The fraction of sp³-hybridized carbons (Fsp3) is 0.217. The average Bonchev–Trinajstić information content (AvgIpc) is 3.14. The molecular weight excluding hydrogens is 432 g/mol. The van der Waals surface area contributed by atoms with Crippen LogP contribution in [0.2, 0.25) is 5.02 Å². The summed E-state index contributed by atoms with van der Waals surface area (Å²) in [7, 11) is 0. The van der Waals surface area contributed by atoms with E-state index in [9.17, 15) is 14.4 Å². The molecule has 1 heterocycles. The summed E-state index contributed by atoms with van der Waals surface area (Å²) in [6.07, 6.45) is 0. The first kappa shape index (κ1) is 23.0. The van der Waals surface area contributed by atoms with Crippen molar-refractivity contribution >= 4 is 40.7 Å². The predicted octanol–water partition coefficient (Wildman–Crippen LogP) is 4.36. The second-order valence-corrected chi connectivity index (χ2v) is 7.49. The molecule has 0 aliphatic carbocycles. The van der Waals surface area contributed by atoms with Gasteiger partial charge in [0.1, 0.15) is 12.3 Å². The summed E-state index contributed by atoms with van der Waals surface area (Å²) in [5, 5.41) is 5.98. The van der Waals surface area contributed by atoms with Crippen LogP contribution >= 0.6 is 11.6 Å². The third kappa shape index (κ3) is 5.73. The Bertz CT molecular complexity index is 1120. The third-order valence-electron chi connectivity index (χ3n) is 4.58. The largest absolute Gasteiger partial charge is 0.441 e. The molecule has 2 aromatic carbocycles. The van der Waals surface area contributed by atoms with E-state index in [4.69, 9.17) is 16.0 Å². The van der Waals surface area contributed by atoms with Crippen LogP contribution in [0.5, 0.6) is 0 Å². The third-order valence-corrected chi connectivity index (χ3v) is 4.83. The maximum atomic E-state index is 13.0. The Morgan fingerprint density at radius 1 is 1.00 bits per heavy atom. The van der Waals surface area contributed by atoms with E-state index >= 15 is 0 Å². The number of carbonyl (C=O) groups excluding carboxylic acids is 3. The number of nitrogens with one attached hydrogen (secondary N) is 2. The first-order valence-corrected chi connectivity index (χ1v) is 10.3. The van der Waals surface area contributed by atoms with Crippen molar-refractivity contribution in [2.45, 2.75) is 20.8 Å². The van der Waals surface area contributed by atoms with Gasteiger partial charge in [-0.2, -0.15) is 0 Å². The molecular formula is C23H23ClN4O4.